The second kappa shape index (κ2) is 4.77. The predicted molar refractivity (Wildman–Crippen MR) is 62.1 cm³/mol. The largest absolute Gasteiger partial charge is 0.469 e. The second-order valence-electron chi connectivity index (χ2n) is 3.93. The molecule has 0 aliphatic carbocycles. The maximum absolute atomic E-state index is 11.3. The summed E-state index contributed by atoms with van der Waals surface area (Å²) in [6.45, 7) is 4.49. The lowest BCUT2D eigenvalue weighted by molar-refractivity contribution is -0.141. The molecule has 0 saturated heterocycles. The summed E-state index contributed by atoms with van der Waals surface area (Å²) in [6.07, 6.45) is 0.333. The van der Waals surface area contributed by atoms with Gasteiger partial charge in [-0.3, -0.25) is 4.79 Å². The van der Waals surface area contributed by atoms with Crippen LogP contribution in [0.4, 0.5) is 0 Å². The van der Waals surface area contributed by atoms with E-state index in [-0.39, 0.29) is 11.4 Å². The topological polar surface area (TPSA) is 52.3 Å². The monoisotopic (exact) mass is 227 g/mol. The molecule has 1 rings (SSSR count). The fourth-order valence-corrected chi connectivity index (χ4v) is 2.43. The summed E-state index contributed by atoms with van der Waals surface area (Å²) < 4.78 is 4.69. The third-order valence-electron chi connectivity index (χ3n) is 2.55. The highest BCUT2D eigenvalue weighted by Crippen LogP contribution is 2.32. The zero-order valence-corrected chi connectivity index (χ0v) is 10.2. The SMILES string of the molecule is COC(=O)CC(C)(CN)c1ccc(C)s1. The van der Waals surface area contributed by atoms with E-state index in [1.165, 1.54) is 12.0 Å². The van der Waals surface area contributed by atoms with Crippen molar-refractivity contribution in [2.24, 2.45) is 5.73 Å². The molecule has 1 atom stereocenters. The van der Waals surface area contributed by atoms with Crippen LogP contribution in [-0.2, 0) is 14.9 Å². The van der Waals surface area contributed by atoms with Crippen LogP contribution in [0.2, 0.25) is 0 Å². The number of ether oxygens (including phenoxy) is 1. The molecule has 84 valence electrons. The van der Waals surface area contributed by atoms with E-state index in [9.17, 15) is 4.79 Å². The number of hydrogen-bond donors (Lipinski definition) is 1. The van der Waals surface area contributed by atoms with Gasteiger partial charge < -0.3 is 10.5 Å². The van der Waals surface area contributed by atoms with Gasteiger partial charge in [-0.1, -0.05) is 6.92 Å². The first-order chi connectivity index (χ1) is 7.01. The van der Waals surface area contributed by atoms with Crippen LogP contribution in [0.25, 0.3) is 0 Å². The predicted octanol–water partition coefficient (Wildman–Crippen LogP) is 1.84. The number of esters is 1. The van der Waals surface area contributed by atoms with E-state index < -0.39 is 0 Å². The van der Waals surface area contributed by atoms with Crippen LogP contribution in [0.3, 0.4) is 0 Å². The van der Waals surface area contributed by atoms with Crippen molar-refractivity contribution in [3.05, 3.63) is 21.9 Å². The number of hydrogen-bond acceptors (Lipinski definition) is 4. The first-order valence-corrected chi connectivity index (χ1v) is 5.67. The van der Waals surface area contributed by atoms with Crippen LogP contribution in [0.1, 0.15) is 23.1 Å². The van der Waals surface area contributed by atoms with Crippen molar-refractivity contribution in [1.82, 2.24) is 0 Å². The van der Waals surface area contributed by atoms with Crippen molar-refractivity contribution >= 4 is 17.3 Å². The Morgan fingerprint density at radius 1 is 1.60 bits per heavy atom. The molecule has 0 aliphatic heterocycles. The average molecular weight is 227 g/mol. The van der Waals surface area contributed by atoms with Crippen molar-refractivity contribution in [3.63, 3.8) is 0 Å². The molecule has 1 aromatic heterocycles. The van der Waals surface area contributed by atoms with Crippen LogP contribution >= 0.6 is 11.3 Å². The summed E-state index contributed by atoms with van der Waals surface area (Å²) in [5.74, 6) is -0.214. The van der Waals surface area contributed by atoms with E-state index in [0.29, 0.717) is 13.0 Å². The second-order valence-corrected chi connectivity index (χ2v) is 5.22. The molecule has 0 aromatic carbocycles. The van der Waals surface area contributed by atoms with Crippen molar-refractivity contribution in [2.75, 3.05) is 13.7 Å². The van der Waals surface area contributed by atoms with Crippen molar-refractivity contribution in [2.45, 2.75) is 25.7 Å². The summed E-state index contributed by atoms with van der Waals surface area (Å²) >= 11 is 1.68. The molecule has 1 heterocycles. The lowest BCUT2D eigenvalue weighted by Gasteiger charge is -2.25. The van der Waals surface area contributed by atoms with Gasteiger partial charge in [0.1, 0.15) is 0 Å². The highest BCUT2D eigenvalue weighted by molar-refractivity contribution is 7.12. The van der Waals surface area contributed by atoms with E-state index in [4.69, 9.17) is 5.73 Å². The zero-order chi connectivity index (χ0) is 11.5. The van der Waals surface area contributed by atoms with Gasteiger partial charge in [0.2, 0.25) is 0 Å². The molecular formula is C11H17NO2S. The molecule has 0 saturated carbocycles. The van der Waals surface area contributed by atoms with Gasteiger partial charge in [0.25, 0.3) is 0 Å². The van der Waals surface area contributed by atoms with Gasteiger partial charge in [0.15, 0.2) is 0 Å². The van der Waals surface area contributed by atoms with Gasteiger partial charge in [0, 0.05) is 21.7 Å². The van der Waals surface area contributed by atoms with Gasteiger partial charge in [-0.2, -0.15) is 0 Å². The average Bonchev–Trinajstić information content (AvgIpc) is 2.65. The Morgan fingerprint density at radius 3 is 2.67 bits per heavy atom. The number of methoxy groups -OCH3 is 1. The van der Waals surface area contributed by atoms with Crippen LogP contribution in [0.15, 0.2) is 12.1 Å². The maximum Gasteiger partial charge on any atom is 0.306 e. The van der Waals surface area contributed by atoms with Gasteiger partial charge in [-0.15, -0.1) is 11.3 Å². The summed E-state index contributed by atoms with van der Waals surface area (Å²) in [5.41, 5.74) is 5.45. The number of thiophene rings is 1. The van der Waals surface area contributed by atoms with Crippen LogP contribution in [0.5, 0.6) is 0 Å². The fraction of sp³-hybridized carbons (Fsp3) is 0.545. The van der Waals surface area contributed by atoms with Crippen molar-refractivity contribution in [3.8, 4) is 0 Å². The highest BCUT2D eigenvalue weighted by atomic mass is 32.1. The number of carbonyl (C=O) groups is 1. The molecule has 15 heavy (non-hydrogen) atoms. The van der Waals surface area contributed by atoms with Gasteiger partial charge in [-0.25, -0.2) is 0 Å². The number of carbonyl (C=O) groups excluding carboxylic acids is 1. The molecule has 2 N–H and O–H groups in total. The molecule has 0 aliphatic rings. The maximum atomic E-state index is 11.3. The molecule has 3 nitrogen and oxygen atoms in total. The number of rotatable bonds is 4. The van der Waals surface area contributed by atoms with E-state index in [2.05, 4.69) is 4.74 Å². The van der Waals surface area contributed by atoms with E-state index >= 15 is 0 Å². The minimum atomic E-state index is -0.300. The van der Waals surface area contributed by atoms with Crippen LogP contribution in [-0.4, -0.2) is 19.6 Å². The Balaban J connectivity index is 2.89. The summed E-state index contributed by atoms with van der Waals surface area (Å²) in [7, 11) is 1.40. The molecular weight excluding hydrogens is 210 g/mol. The number of aryl methyl sites for hydroxylation is 1. The number of nitrogens with two attached hydrogens (primary N) is 1. The van der Waals surface area contributed by atoms with Crippen LogP contribution in [0, 0.1) is 6.92 Å². The smallest absolute Gasteiger partial charge is 0.306 e. The third kappa shape index (κ3) is 2.79. The molecule has 0 spiro atoms. The molecule has 4 heteroatoms. The molecule has 0 bridgehead atoms. The van der Waals surface area contributed by atoms with E-state index in [1.807, 2.05) is 26.0 Å². The molecule has 1 aromatic rings. The Labute approximate surface area is 94.2 Å². The summed E-state index contributed by atoms with van der Waals surface area (Å²) in [5, 5.41) is 0. The van der Waals surface area contributed by atoms with Gasteiger partial charge in [0.05, 0.1) is 13.5 Å². The molecule has 0 fully saturated rings. The Hall–Kier alpha value is -0.870. The van der Waals surface area contributed by atoms with Crippen molar-refractivity contribution < 1.29 is 9.53 Å². The van der Waals surface area contributed by atoms with Gasteiger partial charge in [-0.05, 0) is 19.1 Å². The van der Waals surface area contributed by atoms with E-state index in [1.54, 1.807) is 11.3 Å². The molecule has 0 radical (unpaired) electrons. The summed E-state index contributed by atoms with van der Waals surface area (Å²) in [4.78, 5) is 13.7. The zero-order valence-electron chi connectivity index (χ0n) is 9.37. The summed E-state index contributed by atoms with van der Waals surface area (Å²) in [6, 6.07) is 4.08. The third-order valence-corrected chi connectivity index (χ3v) is 3.85. The van der Waals surface area contributed by atoms with Crippen molar-refractivity contribution in [1.29, 1.82) is 0 Å². The minimum Gasteiger partial charge on any atom is -0.469 e. The van der Waals surface area contributed by atoms with E-state index in [0.717, 1.165) is 4.88 Å². The Bertz CT molecular complexity index is 348. The molecule has 1 unspecified atom stereocenters. The first-order valence-electron chi connectivity index (χ1n) is 4.85. The quantitative estimate of drug-likeness (QED) is 0.798. The standard InChI is InChI=1S/C11H17NO2S/c1-8-4-5-9(15-8)11(2,7-12)6-10(13)14-3/h4-5H,6-7,12H2,1-3H3. The normalized spacial score (nSPS) is 14.7. The van der Waals surface area contributed by atoms with Crippen LogP contribution < -0.4 is 5.73 Å². The lowest BCUT2D eigenvalue weighted by Crippen LogP contribution is -2.33. The van der Waals surface area contributed by atoms with Gasteiger partial charge >= 0.3 is 5.97 Å². The lowest BCUT2D eigenvalue weighted by atomic mass is 9.85. The molecule has 0 amide bonds. The fourth-order valence-electron chi connectivity index (χ4n) is 1.41. The first kappa shape index (κ1) is 12.2. The Morgan fingerprint density at radius 2 is 2.27 bits per heavy atom. The Kier molecular flexibility index (Phi) is 3.88. The highest BCUT2D eigenvalue weighted by Gasteiger charge is 2.30. The minimum absolute atomic E-state index is 0.214.